The van der Waals surface area contributed by atoms with Gasteiger partial charge in [0.1, 0.15) is 5.01 Å². The average Bonchev–Trinajstić information content (AvgIpc) is 3.00. The van der Waals surface area contributed by atoms with Crippen molar-refractivity contribution in [3.63, 3.8) is 0 Å². The fourth-order valence-corrected chi connectivity index (χ4v) is 3.94. The van der Waals surface area contributed by atoms with Gasteiger partial charge in [0.15, 0.2) is 0 Å². The van der Waals surface area contributed by atoms with E-state index in [1.807, 2.05) is 0 Å². The number of piperidine rings is 1. The molecule has 0 amide bonds. The van der Waals surface area contributed by atoms with E-state index in [1.54, 1.807) is 0 Å². The molecule has 0 bridgehead atoms. The van der Waals surface area contributed by atoms with Crippen LogP contribution >= 0.6 is 22.9 Å². The summed E-state index contributed by atoms with van der Waals surface area (Å²) in [5.41, 5.74) is 5.96. The molecule has 3 rings (SSSR count). The summed E-state index contributed by atoms with van der Waals surface area (Å²) < 4.78 is 0.538. The maximum atomic E-state index is 5.96. The van der Waals surface area contributed by atoms with E-state index in [0.29, 0.717) is 16.6 Å². The predicted molar refractivity (Wildman–Crippen MR) is 77.4 cm³/mol. The molecule has 2 aliphatic rings. The molecule has 3 heterocycles. The molecule has 0 radical (unpaired) electrons. The molecule has 0 aromatic carbocycles. The second kappa shape index (κ2) is 6.01. The minimum absolute atomic E-state index is 0.414. The third-order valence-corrected chi connectivity index (χ3v) is 5.14. The maximum absolute atomic E-state index is 5.96. The van der Waals surface area contributed by atoms with Gasteiger partial charge < -0.3 is 5.73 Å². The maximum Gasteiger partial charge on any atom is 0.207 e. The lowest BCUT2D eigenvalue weighted by atomic mass is 10.0. The molecule has 1 atom stereocenters. The number of hydrogen-bond donors (Lipinski definition) is 1. The minimum Gasteiger partial charge on any atom is -0.328 e. The lowest BCUT2D eigenvalue weighted by Gasteiger charge is -2.34. The SMILES string of the molecule is NC1CCN(C2CCN(Cc3nnc(Cl)s3)C2)CC1. The molecular formula is C12H20ClN5S. The molecule has 106 valence electrons. The fraction of sp³-hybridized carbons (Fsp3) is 0.833. The summed E-state index contributed by atoms with van der Waals surface area (Å²) >= 11 is 7.30. The average molecular weight is 302 g/mol. The quantitative estimate of drug-likeness (QED) is 0.909. The Kier molecular flexibility index (Phi) is 4.34. The van der Waals surface area contributed by atoms with E-state index in [0.717, 1.165) is 50.6 Å². The van der Waals surface area contributed by atoms with Crippen LogP contribution < -0.4 is 5.73 Å². The second-order valence-electron chi connectivity index (χ2n) is 5.50. The molecule has 19 heavy (non-hydrogen) atoms. The highest BCUT2D eigenvalue weighted by Crippen LogP contribution is 2.23. The van der Waals surface area contributed by atoms with Crippen LogP contribution in [0.5, 0.6) is 0 Å². The van der Waals surface area contributed by atoms with Gasteiger partial charge in [-0.1, -0.05) is 11.3 Å². The third kappa shape index (κ3) is 3.44. The van der Waals surface area contributed by atoms with E-state index >= 15 is 0 Å². The van der Waals surface area contributed by atoms with Crippen molar-refractivity contribution in [2.24, 2.45) is 5.73 Å². The fourth-order valence-electron chi connectivity index (χ4n) is 3.03. The molecule has 0 saturated carbocycles. The zero-order valence-corrected chi connectivity index (χ0v) is 12.5. The zero-order valence-electron chi connectivity index (χ0n) is 11.0. The first-order valence-electron chi connectivity index (χ1n) is 6.90. The first-order valence-corrected chi connectivity index (χ1v) is 8.10. The Bertz CT molecular complexity index is 418. The Morgan fingerprint density at radius 1 is 1.21 bits per heavy atom. The Morgan fingerprint density at radius 3 is 2.68 bits per heavy atom. The van der Waals surface area contributed by atoms with Crippen molar-refractivity contribution in [1.82, 2.24) is 20.0 Å². The Labute approximate surface area is 122 Å². The molecule has 2 aliphatic heterocycles. The van der Waals surface area contributed by atoms with Crippen LogP contribution in [0.1, 0.15) is 24.3 Å². The molecule has 7 heteroatoms. The van der Waals surface area contributed by atoms with Gasteiger partial charge in [0, 0.05) is 25.2 Å². The van der Waals surface area contributed by atoms with Crippen LogP contribution in [0.3, 0.4) is 0 Å². The molecule has 5 nitrogen and oxygen atoms in total. The summed E-state index contributed by atoms with van der Waals surface area (Å²) in [5.74, 6) is 0. The number of rotatable bonds is 3. The van der Waals surface area contributed by atoms with E-state index in [2.05, 4.69) is 20.0 Å². The Balaban J connectivity index is 1.50. The first kappa shape index (κ1) is 13.7. The summed E-state index contributed by atoms with van der Waals surface area (Å²) in [4.78, 5) is 5.06. The molecular weight excluding hydrogens is 282 g/mol. The van der Waals surface area contributed by atoms with Crippen molar-refractivity contribution in [1.29, 1.82) is 0 Å². The van der Waals surface area contributed by atoms with Crippen molar-refractivity contribution >= 4 is 22.9 Å². The molecule has 0 spiro atoms. The summed E-state index contributed by atoms with van der Waals surface area (Å²) in [6.45, 7) is 5.47. The van der Waals surface area contributed by atoms with Crippen LogP contribution in [0.4, 0.5) is 0 Å². The number of nitrogens with zero attached hydrogens (tertiary/aromatic N) is 4. The van der Waals surface area contributed by atoms with Gasteiger partial charge in [-0.3, -0.25) is 9.80 Å². The molecule has 0 aliphatic carbocycles. The molecule has 1 aromatic rings. The van der Waals surface area contributed by atoms with Gasteiger partial charge in [0.05, 0.1) is 6.54 Å². The third-order valence-electron chi connectivity index (χ3n) is 4.14. The van der Waals surface area contributed by atoms with Crippen molar-refractivity contribution < 1.29 is 0 Å². The van der Waals surface area contributed by atoms with Crippen LogP contribution in [-0.4, -0.2) is 58.3 Å². The minimum atomic E-state index is 0.414. The number of aromatic nitrogens is 2. The highest BCUT2D eigenvalue weighted by atomic mass is 35.5. The van der Waals surface area contributed by atoms with Crippen molar-refractivity contribution in [3.8, 4) is 0 Å². The van der Waals surface area contributed by atoms with Gasteiger partial charge in [0.2, 0.25) is 4.47 Å². The summed E-state index contributed by atoms with van der Waals surface area (Å²) in [7, 11) is 0. The van der Waals surface area contributed by atoms with E-state index in [4.69, 9.17) is 17.3 Å². The van der Waals surface area contributed by atoms with Gasteiger partial charge >= 0.3 is 0 Å². The second-order valence-corrected chi connectivity index (χ2v) is 7.14. The van der Waals surface area contributed by atoms with Crippen molar-refractivity contribution in [2.75, 3.05) is 26.2 Å². The predicted octanol–water partition coefficient (Wildman–Crippen LogP) is 1.19. The molecule has 2 saturated heterocycles. The van der Waals surface area contributed by atoms with Crippen LogP contribution in [0, 0.1) is 0 Å². The highest BCUT2D eigenvalue weighted by molar-refractivity contribution is 7.15. The van der Waals surface area contributed by atoms with Crippen molar-refractivity contribution in [3.05, 3.63) is 9.47 Å². The van der Waals surface area contributed by atoms with E-state index in [1.165, 1.54) is 17.8 Å². The van der Waals surface area contributed by atoms with Gasteiger partial charge in [-0.2, -0.15) is 0 Å². The van der Waals surface area contributed by atoms with Gasteiger partial charge in [-0.15, -0.1) is 10.2 Å². The Hall–Kier alpha value is -0.270. The van der Waals surface area contributed by atoms with Gasteiger partial charge in [-0.05, 0) is 44.0 Å². The lowest BCUT2D eigenvalue weighted by molar-refractivity contribution is 0.151. The van der Waals surface area contributed by atoms with Crippen molar-refractivity contribution in [2.45, 2.75) is 37.9 Å². The van der Waals surface area contributed by atoms with E-state index in [9.17, 15) is 0 Å². The van der Waals surface area contributed by atoms with Crippen LogP contribution in [0.25, 0.3) is 0 Å². The molecule has 2 N–H and O–H groups in total. The Morgan fingerprint density at radius 2 is 2.00 bits per heavy atom. The summed E-state index contributed by atoms with van der Waals surface area (Å²) in [6, 6.07) is 1.10. The van der Waals surface area contributed by atoms with Crippen LogP contribution in [0.2, 0.25) is 4.47 Å². The summed E-state index contributed by atoms with van der Waals surface area (Å²) in [6.07, 6.45) is 3.53. The highest BCUT2D eigenvalue weighted by Gasteiger charge is 2.30. The van der Waals surface area contributed by atoms with Crippen LogP contribution in [-0.2, 0) is 6.54 Å². The normalized spacial score (nSPS) is 27.2. The monoisotopic (exact) mass is 301 g/mol. The summed E-state index contributed by atoms with van der Waals surface area (Å²) in [5, 5.41) is 8.97. The smallest absolute Gasteiger partial charge is 0.207 e. The topological polar surface area (TPSA) is 58.3 Å². The van der Waals surface area contributed by atoms with Gasteiger partial charge in [0.25, 0.3) is 0 Å². The van der Waals surface area contributed by atoms with Crippen LogP contribution in [0.15, 0.2) is 0 Å². The largest absolute Gasteiger partial charge is 0.328 e. The number of hydrogen-bond acceptors (Lipinski definition) is 6. The standard InChI is InChI=1S/C12H20ClN5S/c13-12-16-15-11(19-12)8-17-4-3-10(7-17)18-5-1-9(14)2-6-18/h9-10H,1-8,14H2. The number of nitrogens with two attached hydrogens (primary N) is 1. The zero-order chi connectivity index (χ0) is 13.2. The first-order chi connectivity index (χ1) is 9.20. The van der Waals surface area contributed by atoms with E-state index < -0.39 is 0 Å². The number of likely N-dealkylation sites (tertiary alicyclic amines) is 2. The van der Waals surface area contributed by atoms with E-state index in [-0.39, 0.29) is 0 Å². The lowest BCUT2D eigenvalue weighted by Crippen LogP contribution is -2.46. The molecule has 1 aromatic heterocycles. The molecule has 1 unspecified atom stereocenters. The molecule has 2 fully saturated rings. The number of halogens is 1. The van der Waals surface area contributed by atoms with Gasteiger partial charge in [-0.25, -0.2) is 0 Å².